The minimum absolute atomic E-state index is 0.0408. The summed E-state index contributed by atoms with van der Waals surface area (Å²) in [7, 11) is 0. The van der Waals surface area contributed by atoms with Gasteiger partial charge in [-0.3, -0.25) is 10.3 Å². The van der Waals surface area contributed by atoms with Crippen molar-refractivity contribution in [2.24, 2.45) is 0 Å². The van der Waals surface area contributed by atoms with E-state index in [0.717, 1.165) is 11.1 Å². The molecule has 0 saturated carbocycles. The van der Waals surface area contributed by atoms with Gasteiger partial charge in [0.05, 0.1) is 11.4 Å². The van der Waals surface area contributed by atoms with E-state index in [4.69, 9.17) is 4.74 Å². The number of alkyl halides is 3. The predicted molar refractivity (Wildman–Crippen MR) is 90.0 cm³/mol. The number of carbonyl (C=O) groups is 1. The van der Waals surface area contributed by atoms with Gasteiger partial charge in [-0.2, -0.15) is 18.2 Å². The molecule has 0 saturated heterocycles. The molecule has 0 aliphatic carbocycles. The molecule has 0 aliphatic heterocycles. The van der Waals surface area contributed by atoms with Crippen molar-refractivity contribution < 1.29 is 27.2 Å². The zero-order valence-corrected chi connectivity index (χ0v) is 14.7. The van der Waals surface area contributed by atoms with Crippen LogP contribution in [0.2, 0.25) is 0 Å². The summed E-state index contributed by atoms with van der Waals surface area (Å²) in [5.41, 5.74) is 2.44. The zero-order chi connectivity index (χ0) is 20.3. The van der Waals surface area contributed by atoms with E-state index in [2.05, 4.69) is 29.9 Å². The Kier molecular flexibility index (Phi) is 5.25. The fourth-order valence-corrected chi connectivity index (χ4v) is 2.20. The van der Waals surface area contributed by atoms with Gasteiger partial charge in [-0.25, -0.2) is 9.78 Å². The number of carbonyl (C=O) groups excluding carboxylic acids is 1. The molecule has 0 aliphatic rings. The fraction of sp³-hybridized carbons (Fsp3) is 0.235. The van der Waals surface area contributed by atoms with E-state index in [0.29, 0.717) is 11.4 Å². The SMILES string of the molecule is Cc1ccncc1COC(=O)Nc1ccc(-c2noc(C(F)(F)F)n2)nc1C. The third kappa shape index (κ3) is 4.42. The molecule has 3 rings (SSSR count). The van der Waals surface area contributed by atoms with Gasteiger partial charge in [0.15, 0.2) is 0 Å². The minimum atomic E-state index is -4.74. The Morgan fingerprint density at radius 1 is 1.21 bits per heavy atom. The maximum atomic E-state index is 12.5. The topological polar surface area (TPSA) is 103 Å². The second kappa shape index (κ2) is 7.62. The average Bonchev–Trinajstić information content (AvgIpc) is 3.13. The van der Waals surface area contributed by atoms with E-state index in [1.165, 1.54) is 12.1 Å². The number of ether oxygens (including phenoxy) is 1. The number of aryl methyl sites for hydroxylation is 2. The minimum Gasteiger partial charge on any atom is -0.444 e. The van der Waals surface area contributed by atoms with Crippen LogP contribution in [0, 0.1) is 13.8 Å². The summed E-state index contributed by atoms with van der Waals surface area (Å²) in [6.07, 6.45) is -2.21. The molecule has 0 unspecified atom stereocenters. The molecule has 11 heteroatoms. The van der Waals surface area contributed by atoms with Crippen LogP contribution in [0.5, 0.6) is 0 Å². The summed E-state index contributed by atoms with van der Waals surface area (Å²) in [6.45, 7) is 3.47. The zero-order valence-electron chi connectivity index (χ0n) is 14.7. The van der Waals surface area contributed by atoms with Gasteiger partial charge < -0.3 is 9.26 Å². The molecule has 0 fully saturated rings. The highest BCUT2D eigenvalue weighted by Crippen LogP contribution is 2.29. The monoisotopic (exact) mass is 393 g/mol. The summed E-state index contributed by atoms with van der Waals surface area (Å²) in [5.74, 6) is -1.77. The standard InChI is InChI=1S/C17H14F3N5O3/c1-9-5-6-21-7-11(9)8-27-16(26)23-12-3-4-13(22-10(12)2)14-24-15(28-25-14)17(18,19)20/h3-7H,8H2,1-2H3,(H,23,26). The van der Waals surface area contributed by atoms with Crippen LogP contribution in [0.25, 0.3) is 11.5 Å². The van der Waals surface area contributed by atoms with E-state index >= 15 is 0 Å². The molecule has 28 heavy (non-hydrogen) atoms. The number of nitrogens with one attached hydrogen (secondary N) is 1. The van der Waals surface area contributed by atoms with Crippen molar-refractivity contribution >= 4 is 11.8 Å². The van der Waals surface area contributed by atoms with Gasteiger partial charge in [0.1, 0.15) is 12.3 Å². The van der Waals surface area contributed by atoms with Crippen LogP contribution < -0.4 is 5.32 Å². The molecule has 3 aromatic rings. The molecule has 0 radical (unpaired) electrons. The summed E-state index contributed by atoms with van der Waals surface area (Å²) in [5, 5.41) is 5.79. The average molecular weight is 393 g/mol. The quantitative estimate of drug-likeness (QED) is 0.717. The van der Waals surface area contributed by atoms with Crippen molar-refractivity contribution in [3.05, 3.63) is 53.3 Å². The molecule has 1 N–H and O–H groups in total. The van der Waals surface area contributed by atoms with Crippen molar-refractivity contribution in [2.75, 3.05) is 5.32 Å². The molecule has 0 atom stereocenters. The van der Waals surface area contributed by atoms with E-state index in [1.54, 1.807) is 25.4 Å². The molecular weight excluding hydrogens is 379 g/mol. The number of rotatable bonds is 4. The number of nitrogens with zero attached hydrogens (tertiary/aromatic N) is 4. The summed E-state index contributed by atoms with van der Waals surface area (Å²) in [6, 6.07) is 4.61. The maximum absolute atomic E-state index is 12.5. The van der Waals surface area contributed by atoms with Crippen molar-refractivity contribution in [3.63, 3.8) is 0 Å². The Morgan fingerprint density at radius 2 is 2.00 bits per heavy atom. The van der Waals surface area contributed by atoms with E-state index < -0.39 is 18.2 Å². The third-order valence-electron chi connectivity index (χ3n) is 3.73. The van der Waals surface area contributed by atoms with Gasteiger partial charge in [0, 0.05) is 18.0 Å². The first kappa shape index (κ1) is 19.3. The number of hydrogen-bond donors (Lipinski definition) is 1. The third-order valence-corrected chi connectivity index (χ3v) is 3.73. The van der Waals surface area contributed by atoms with Crippen molar-refractivity contribution in [1.82, 2.24) is 20.1 Å². The first-order valence-corrected chi connectivity index (χ1v) is 7.96. The van der Waals surface area contributed by atoms with Crippen LogP contribution in [-0.4, -0.2) is 26.2 Å². The number of anilines is 1. The van der Waals surface area contributed by atoms with E-state index in [9.17, 15) is 18.0 Å². The smallest absolute Gasteiger partial charge is 0.444 e. The Labute approximate surface area is 156 Å². The van der Waals surface area contributed by atoms with Gasteiger partial charge in [0.2, 0.25) is 5.82 Å². The highest BCUT2D eigenvalue weighted by molar-refractivity contribution is 5.85. The summed E-state index contributed by atoms with van der Waals surface area (Å²) in [4.78, 5) is 23.3. The molecule has 0 spiro atoms. The summed E-state index contributed by atoms with van der Waals surface area (Å²) >= 11 is 0. The van der Waals surface area contributed by atoms with Gasteiger partial charge >= 0.3 is 18.2 Å². The molecule has 146 valence electrons. The van der Waals surface area contributed by atoms with Gasteiger partial charge in [-0.1, -0.05) is 5.16 Å². The van der Waals surface area contributed by atoms with Crippen LogP contribution in [-0.2, 0) is 17.5 Å². The lowest BCUT2D eigenvalue weighted by atomic mass is 10.2. The molecule has 0 bridgehead atoms. The number of pyridine rings is 2. The molecule has 0 aromatic carbocycles. The van der Waals surface area contributed by atoms with Crippen molar-refractivity contribution in [3.8, 4) is 11.5 Å². The van der Waals surface area contributed by atoms with Crippen LogP contribution in [0.1, 0.15) is 22.7 Å². The Hall–Kier alpha value is -3.50. The van der Waals surface area contributed by atoms with Gasteiger partial charge in [0.25, 0.3) is 0 Å². The highest BCUT2D eigenvalue weighted by Gasteiger charge is 2.38. The lowest BCUT2D eigenvalue weighted by Gasteiger charge is -2.10. The first-order chi connectivity index (χ1) is 13.2. The lowest BCUT2D eigenvalue weighted by molar-refractivity contribution is -0.159. The van der Waals surface area contributed by atoms with Crippen LogP contribution >= 0.6 is 0 Å². The molecule has 1 amide bonds. The Bertz CT molecular complexity index is 1000. The largest absolute Gasteiger partial charge is 0.471 e. The second-order valence-corrected chi connectivity index (χ2v) is 5.75. The molecule has 3 heterocycles. The maximum Gasteiger partial charge on any atom is 0.471 e. The Morgan fingerprint density at radius 3 is 2.64 bits per heavy atom. The van der Waals surface area contributed by atoms with Gasteiger partial charge in [-0.15, -0.1) is 0 Å². The fourth-order valence-electron chi connectivity index (χ4n) is 2.20. The number of halogens is 3. The first-order valence-electron chi connectivity index (χ1n) is 7.96. The second-order valence-electron chi connectivity index (χ2n) is 5.75. The normalized spacial score (nSPS) is 11.3. The van der Waals surface area contributed by atoms with Crippen molar-refractivity contribution in [1.29, 1.82) is 0 Å². The predicted octanol–water partition coefficient (Wildman–Crippen LogP) is 3.91. The van der Waals surface area contributed by atoms with Gasteiger partial charge in [-0.05, 0) is 37.6 Å². The van der Waals surface area contributed by atoms with Crippen molar-refractivity contribution in [2.45, 2.75) is 26.6 Å². The summed E-state index contributed by atoms with van der Waals surface area (Å²) < 4.78 is 46.9. The number of amides is 1. The molecular formula is C17H14F3N5O3. The van der Waals surface area contributed by atoms with Crippen LogP contribution in [0.3, 0.4) is 0 Å². The van der Waals surface area contributed by atoms with Crippen LogP contribution in [0.4, 0.5) is 23.7 Å². The Balaban J connectivity index is 1.66. The molecule has 8 nitrogen and oxygen atoms in total. The highest BCUT2D eigenvalue weighted by atomic mass is 19.4. The lowest BCUT2D eigenvalue weighted by Crippen LogP contribution is -2.15. The van der Waals surface area contributed by atoms with E-state index in [-0.39, 0.29) is 18.1 Å². The van der Waals surface area contributed by atoms with E-state index in [1.807, 2.05) is 6.92 Å². The number of hydrogen-bond acceptors (Lipinski definition) is 7. The molecule has 3 aromatic heterocycles. The van der Waals surface area contributed by atoms with Crippen LogP contribution in [0.15, 0.2) is 35.1 Å². The number of aromatic nitrogens is 4.